The number of aromatic carboxylic acids is 1. The molecule has 0 aliphatic carbocycles. The van der Waals surface area contributed by atoms with Crippen LogP contribution in [0.25, 0.3) is 0 Å². The first kappa shape index (κ1) is 13.6. The van der Waals surface area contributed by atoms with Gasteiger partial charge in [0.15, 0.2) is 0 Å². The minimum absolute atomic E-state index is 0.168. The fourth-order valence-corrected chi connectivity index (χ4v) is 1.38. The molecule has 0 radical (unpaired) electrons. The largest absolute Gasteiger partial charge is 0.478 e. The highest BCUT2D eigenvalue weighted by Crippen LogP contribution is 2.18. The highest BCUT2D eigenvalue weighted by atomic mass is 16.4. The number of carbonyl (C=O) groups excluding carboxylic acids is 1. The molecule has 0 spiro atoms. The van der Waals surface area contributed by atoms with Crippen molar-refractivity contribution < 1.29 is 14.7 Å². The summed E-state index contributed by atoms with van der Waals surface area (Å²) in [4.78, 5) is 22.4. The molecule has 5 heteroatoms. The van der Waals surface area contributed by atoms with Gasteiger partial charge >= 0.3 is 12.0 Å². The molecular weight excluding hydrogens is 232 g/mol. The Kier molecular flexibility index (Phi) is 4.76. The van der Waals surface area contributed by atoms with Crippen LogP contribution >= 0.6 is 0 Å². The molecule has 0 aromatic heterocycles. The average molecular weight is 246 g/mol. The molecule has 0 saturated heterocycles. The summed E-state index contributed by atoms with van der Waals surface area (Å²) < 4.78 is 0. The summed E-state index contributed by atoms with van der Waals surface area (Å²) in [5.74, 6) is 4.33. The van der Waals surface area contributed by atoms with Gasteiger partial charge in [-0.3, -0.25) is 0 Å². The van der Waals surface area contributed by atoms with E-state index in [1.807, 2.05) is 0 Å². The zero-order chi connectivity index (χ0) is 13.5. The predicted octanol–water partition coefficient (Wildman–Crippen LogP) is 1.84. The Labute approximate surface area is 105 Å². The molecule has 0 heterocycles. The van der Waals surface area contributed by atoms with Crippen molar-refractivity contribution >= 4 is 17.7 Å². The minimum atomic E-state index is -1.02. The van der Waals surface area contributed by atoms with Gasteiger partial charge in [-0.15, -0.1) is 5.92 Å². The second kappa shape index (κ2) is 6.30. The molecule has 2 amide bonds. The number of nitrogens with one attached hydrogen (secondary N) is 2. The standard InChI is InChI=1S/C13H14N2O3/c1-3-4-8-14-13(18)15-11-7-5-6-10(9(11)2)12(16)17/h5-7H,8H2,1-2H3,(H,16,17)(H2,14,15,18). The summed E-state index contributed by atoms with van der Waals surface area (Å²) >= 11 is 0. The Hall–Kier alpha value is -2.48. The number of carboxylic acids is 1. The van der Waals surface area contributed by atoms with Crippen LogP contribution in [0.15, 0.2) is 18.2 Å². The summed E-state index contributed by atoms with van der Waals surface area (Å²) in [5.41, 5.74) is 1.15. The van der Waals surface area contributed by atoms with Crippen molar-refractivity contribution in [1.29, 1.82) is 0 Å². The minimum Gasteiger partial charge on any atom is -0.478 e. The van der Waals surface area contributed by atoms with E-state index in [-0.39, 0.29) is 12.1 Å². The van der Waals surface area contributed by atoms with Crippen molar-refractivity contribution in [3.05, 3.63) is 29.3 Å². The van der Waals surface area contributed by atoms with E-state index in [4.69, 9.17) is 5.11 Å². The Bertz CT molecular complexity index is 527. The number of rotatable bonds is 3. The molecule has 18 heavy (non-hydrogen) atoms. The second-order valence-corrected chi connectivity index (χ2v) is 3.52. The number of benzene rings is 1. The van der Waals surface area contributed by atoms with E-state index in [1.165, 1.54) is 6.07 Å². The molecule has 0 saturated carbocycles. The number of hydrogen-bond acceptors (Lipinski definition) is 2. The summed E-state index contributed by atoms with van der Waals surface area (Å²) in [5, 5.41) is 14.1. The maximum Gasteiger partial charge on any atom is 0.336 e. The molecule has 0 aliphatic heterocycles. The Balaban J connectivity index is 2.78. The third-order valence-electron chi connectivity index (χ3n) is 2.33. The lowest BCUT2D eigenvalue weighted by Gasteiger charge is -2.10. The van der Waals surface area contributed by atoms with E-state index < -0.39 is 12.0 Å². The van der Waals surface area contributed by atoms with Crippen LogP contribution in [-0.2, 0) is 0 Å². The van der Waals surface area contributed by atoms with Gasteiger partial charge in [0.2, 0.25) is 0 Å². The smallest absolute Gasteiger partial charge is 0.336 e. The Morgan fingerprint density at radius 1 is 1.39 bits per heavy atom. The van der Waals surface area contributed by atoms with Crippen molar-refractivity contribution in [2.45, 2.75) is 13.8 Å². The van der Waals surface area contributed by atoms with Crippen molar-refractivity contribution in [3.8, 4) is 11.8 Å². The van der Waals surface area contributed by atoms with E-state index in [9.17, 15) is 9.59 Å². The molecule has 0 fully saturated rings. The van der Waals surface area contributed by atoms with Gasteiger partial charge in [0.05, 0.1) is 12.1 Å². The van der Waals surface area contributed by atoms with Gasteiger partial charge in [0.1, 0.15) is 0 Å². The first-order chi connectivity index (χ1) is 8.56. The zero-order valence-corrected chi connectivity index (χ0v) is 10.2. The van der Waals surface area contributed by atoms with Crippen LogP contribution in [0.4, 0.5) is 10.5 Å². The van der Waals surface area contributed by atoms with E-state index in [1.54, 1.807) is 26.0 Å². The van der Waals surface area contributed by atoms with E-state index in [2.05, 4.69) is 22.5 Å². The van der Waals surface area contributed by atoms with Crippen LogP contribution in [0.1, 0.15) is 22.8 Å². The molecular formula is C13H14N2O3. The predicted molar refractivity (Wildman–Crippen MR) is 68.6 cm³/mol. The lowest BCUT2D eigenvalue weighted by molar-refractivity contribution is 0.0696. The second-order valence-electron chi connectivity index (χ2n) is 3.52. The molecule has 0 unspecified atom stereocenters. The van der Waals surface area contributed by atoms with E-state index in [0.29, 0.717) is 11.3 Å². The van der Waals surface area contributed by atoms with Gasteiger partial charge in [-0.2, -0.15) is 0 Å². The maximum atomic E-state index is 11.5. The van der Waals surface area contributed by atoms with Gasteiger partial charge < -0.3 is 15.7 Å². The quantitative estimate of drug-likeness (QED) is 0.712. The fourth-order valence-electron chi connectivity index (χ4n) is 1.38. The van der Waals surface area contributed by atoms with Crippen LogP contribution in [0, 0.1) is 18.8 Å². The number of anilines is 1. The molecule has 0 atom stereocenters. The normalized spacial score (nSPS) is 9.00. The number of amides is 2. The molecule has 1 aromatic rings. The third-order valence-corrected chi connectivity index (χ3v) is 2.33. The molecule has 0 aliphatic rings. The number of hydrogen-bond donors (Lipinski definition) is 3. The van der Waals surface area contributed by atoms with Gasteiger partial charge in [-0.25, -0.2) is 9.59 Å². The van der Waals surface area contributed by atoms with Gasteiger partial charge in [0, 0.05) is 5.69 Å². The van der Waals surface area contributed by atoms with Gasteiger partial charge in [0.25, 0.3) is 0 Å². The molecule has 1 aromatic carbocycles. The van der Waals surface area contributed by atoms with Crippen LogP contribution in [0.3, 0.4) is 0 Å². The molecule has 3 N–H and O–H groups in total. The third kappa shape index (κ3) is 3.52. The van der Waals surface area contributed by atoms with Crippen molar-refractivity contribution in [1.82, 2.24) is 5.32 Å². The molecule has 5 nitrogen and oxygen atoms in total. The Morgan fingerprint density at radius 2 is 2.11 bits per heavy atom. The van der Waals surface area contributed by atoms with Crippen LogP contribution in [-0.4, -0.2) is 23.7 Å². The average Bonchev–Trinajstić information content (AvgIpc) is 2.32. The number of carbonyl (C=O) groups is 2. The monoisotopic (exact) mass is 246 g/mol. The maximum absolute atomic E-state index is 11.5. The number of urea groups is 1. The zero-order valence-electron chi connectivity index (χ0n) is 10.2. The van der Waals surface area contributed by atoms with Crippen molar-refractivity contribution in [2.75, 3.05) is 11.9 Å². The molecule has 94 valence electrons. The molecule has 1 rings (SSSR count). The highest BCUT2D eigenvalue weighted by Gasteiger charge is 2.11. The Morgan fingerprint density at radius 3 is 2.72 bits per heavy atom. The SMILES string of the molecule is CC#CCNC(=O)Nc1cccc(C(=O)O)c1C. The lowest BCUT2D eigenvalue weighted by Crippen LogP contribution is -2.29. The summed E-state index contributed by atoms with van der Waals surface area (Å²) in [6, 6.07) is 4.30. The van der Waals surface area contributed by atoms with Gasteiger partial charge in [-0.05, 0) is 31.5 Å². The van der Waals surface area contributed by atoms with E-state index in [0.717, 1.165) is 0 Å². The first-order valence-electron chi connectivity index (χ1n) is 5.33. The fraction of sp³-hybridized carbons (Fsp3) is 0.231. The van der Waals surface area contributed by atoms with Crippen LogP contribution in [0.5, 0.6) is 0 Å². The van der Waals surface area contributed by atoms with Crippen molar-refractivity contribution in [3.63, 3.8) is 0 Å². The summed E-state index contributed by atoms with van der Waals surface area (Å²) in [6.07, 6.45) is 0. The molecule has 0 bridgehead atoms. The topological polar surface area (TPSA) is 78.4 Å². The lowest BCUT2D eigenvalue weighted by atomic mass is 10.1. The summed E-state index contributed by atoms with van der Waals surface area (Å²) in [6.45, 7) is 3.57. The highest BCUT2D eigenvalue weighted by molar-refractivity contribution is 5.95. The summed E-state index contributed by atoms with van der Waals surface area (Å²) in [7, 11) is 0. The number of carboxylic acid groups (broad SMARTS) is 1. The first-order valence-corrected chi connectivity index (χ1v) is 5.33. The van der Waals surface area contributed by atoms with E-state index >= 15 is 0 Å². The van der Waals surface area contributed by atoms with Crippen molar-refractivity contribution in [2.24, 2.45) is 0 Å². The van der Waals surface area contributed by atoms with Gasteiger partial charge in [-0.1, -0.05) is 12.0 Å². The van der Waals surface area contributed by atoms with Crippen LogP contribution in [0.2, 0.25) is 0 Å². The van der Waals surface area contributed by atoms with Crippen LogP contribution < -0.4 is 10.6 Å².